The summed E-state index contributed by atoms with van der Waals surface area (Å²) in [7, 11) is 3.65. The van der Waals surface area contributed by atoms with E-state index in [1.54, 1.807) is 7.11 Å². The van der Waals surface area contributed by atoms with Gasteiger partial charge >= 0.3 is 0 Å². The number of carbonyl (C=O) groups is 1. The molecule has 6 heteroatoms. The Hall–Kier alpha value is -2.34. The molecule has 0 spiro atoms. The van der Waals surface area contributed by atoms with E-state index in [2.05, 4.69) is 14.5 Å². The topological polar surface area (TPSA) is 50.6 Å². The normalized spacial score (nSPS) is 15.5. The molecule has 1 aromatic heterocycles. The van der Waals surface area contributed by atoms with Crippen LogP contribution in [0.15, 0.2) is 36.7 Å². The smallest absolute Gasteiger partial charge is 0.253 e. The lowest BCUT2D eigenvalue weighted by Crippen LogP contribution is -2.49. The number of carbonyl (C=O) groups excluding carboxylic acids is 1. The third kappa shape index (κ3) is 3.76. The average molecular weight is 328 g/mol. The van der Waals surface area contributed by atoms with Crippen LogP contribution in [0.25, 0.3) is 0 Å². The molecule has 0 aliphatic carbocycles. The Bertz CT molecular complexity index is 673. The molecule has 1 saturated heterocycles. The number of aryl methyl sites for hydroxylation is 1. The zero-order chi connectivity index (χ0) is 16.9. The lowest BCUT2D eigenvalue weighted by atomic mass is 10.1. The molecule has 0 atom stereocenters. The first-order valence-electron chi connectivity index (χ1n) is 8.29. The van der Waals surface area contributed by atoms with Crippen molar-refractivity contribution in [2.45, 2.75) is 6.42 Å². The lowest BCUT2D eigenvalue weighted by Gasteiger charge is -2.34. The summed E-state index contributed by atoms with van der Waals surface area (Å²) in [5.74, 6) is 1.97. The van der Waals surface area contributed by atoms with Gasteiger partial charge in [0.2, 0.25) is 0 Å². The van der Waals surface area contributed by atoms with Crippen LogP contribution < -0.4 is 4.74 Å². The minimum absolute atomic E-state index is 0.0985. The molecule has 0 N–H and O–H groups in total. The maximum atomic E-state index is 12.5. The molecule has 128 valence electrons. The van der Waals surface area contributed by atoms with Gasteiger partial charge in [-0.1, -0.05) is 0 Å². The molecular formula is C18H24N4O2. The largest absolute Gasteiger partial charge is 0.497 e. The molecule has 0 saturated carbocycles. The van der Waals surface area contributed by atoms with E-state index in [0.29, 0.717) is 0 Å². The highest BCUT2D eigenvalue weighted by Gasteiger charge is 2.22. The van der Waals surface area contributed by atoms with E-state index in [-0.39, 0.29) is 5.91 Å². The monoisotopic (exact) mass is 328 g/mol. The fourth-order valence-corrected chi connectivity index (χ4v) is 2.99. The number of benzene rings is 1. The lowest BCUT2D eigenvalue weighted by molar-refractivity contribution is 0.0637. The van der Waals surface area contributed by atoms with Gasteiger partial charge in [-0.25, -0.2) is 4.98 Å². The molecule has 1 aliphatic heterocycles. The molecule has 1 aromatic carbocycles. The summed E-state index contributed by atoms with van der Waals surface area (Å²) in [5.41, 5.74) is 0.720. The summed E-state index contributed by atoms with van der Waals surface area (Å²) in [6.07, 6.45) is 4.75. The highest BCUT2D eigenvalue weighted by atomic mass is 16.5. The van der Waals surface area contributed by atoms with E-state index in [9.17, 15) is 4.79 Å². The highest BCUT2D eigenvalue weighted by Crippen LogP contribution is 2.14. The summed E-state index contributed by atoms with van der Waals surface area (Å²) in [6, 6.07) is 7.32. The number of amides is 1. The number of hydrogen-bond donors (Lipinski definition) is 0. The standard InChI is InChI=1S/C18H24N4O2/c1-20-10-8-19-17(20)7-9-21-11-13-22(14-12-21)18(23)15-3-5-16(24-2)6-4-15/h3-6,8,10H,7,9,11-14H2,1-2H3. The Morgan fingerprint density at radius 2 is 1.88 bits per heavy atom. The Kier molecular flexibility index (Phi) is 5.15. The number of ether oxygens (including phenoxy) is 1. The van der Waals surface area contributed by atoms with Gasteiger partial charge in [-0.3, -0.25) is 9.69 Å². The first kappa shape index (κ1) is 16.5. The van der Waals surface area contributed by atoms with Crippen LogP contribution in [0.4, 0.5) is 0 Å². The summed E-state index contributed by atoms with van der Waals surface area (Å²) in [4.78, 5) is 21.2. The van der Waals surface area contributed by atoms with Crippen molar-refractivity contribution in [3.05, 3.63) is 48.0 Å². The second-order valence-corrected chi connectivity index (χ2v) is 6.07. The van der Waals surface area contributed by atoms with E-state index in [1.807, 2.05) is 48.6 Å². The molecule has 0 radical (unpaired) electrons. The molecule has 6 nitrogen and oxygen atoms in total. The SMILES string of the molecule is COc1ccc(C(=O)N2CCN(CCc3nccn3C)CC2)cc1. The summed E-state index contributed by atoms with van der Waals surface area (Å²) >= 11 is 0. The summed E-state index contributed by atoms with van der Waals surface area (Å²) < 4.78 is 7.19. The Morgan fingerprint density at radius 3 is 2.46 bits per heavy atom. The van der Waals surface area contributed by atoms with Gasteiger partial charge in [0, 0.05) is 64.1 Å². The minimum Gasteiger partial charge on any atom is -0.497 e. The molecule has 0 bridgehead atoms. The molecule has 2 heterocycles. The van der Waals surface area contributed by atoms with Crippen LogP contribution in [-0.2, 0) is 13.5 Å². The van der Waals surface area contributed by atoms with E-state index in [4.69, 9.17) is 4.74 Å². The third-order valence-electron chi connectivity index (χ3n) is 4.57. The molecule has 2 aromatic rings. The van der Waals surface area contributed by atoms with E-state index in [1.165, 1.54) is 0 Å². The maximum Gasteiger partial charge on any atom is 0.253 e. The maximum absolute atomic E-state index is 12.5. The van der Waals surface area contributed by atoms with Crippen molar-refractivity contribution in [2.24, 2.45) is 7.05 Å². The average Bonchev–Trinajstić information content (AvgIpc) is 3.05. The van der Waals surface area contributed by atoms with Crippen LogP contribution in [0.2, 0.25) is 0 Å². The number of rotatable bonds is 5. The molecule has 3 rings (SSSR count). The Labute approximate surface area is 142 Å². The number of aromatic nitrogens is 2. The number of imidazole rings is 1. The number of methoxy groups -OCH3 is 1. The predicted octanol–water partition coefficient (Wildman–Crippen LogP) is 1.43. The van der Waals surface area contributed by atoms with Crippen LogP contribution in [0.1, 0.15) is 16.2 Å². The molecule has 0 unspecified atom stereocenters. The molecular weight excluding hydrogens is 304 g/mol. The van der Waals surface area contributed by atoms with Gasteiger partial charge in [0.15, 0.2) is 0 Å². The number of nitrogens with zero attached hydrogens (tertiary/aromatic N) is 4. The first-order valence-corrected chi connectivity index (χ1v) is 8.29. The number of hydrogen-bond acceptors (Lipinski definition) is 4. The van der Waals surface area contributed by atoms with Crippen molar-refractivity contribution in [3.63, 3.8) is 0 Å². The minimum atomic E-state index is 0.0985. The van der Waals surface area contributed by atoms with Crippen molar-refractivity contribution >= 4 is 5.91 Å². The molecule has 1 amide bonds. The van der Waals surface area contributed by atoms with Gasteiger partial charge in [0.05, 0.1) is 7.11 Å². The zero-order valence-corrected chi connectivity index (χ0v) is 14.3. The van der Waals surface area contributed by atoms with Gasteiger partial charge in [0.25, 0.3) is 5.91 Å². The van der Waals surface area contributed by atoms with Gasteiger partial charge in [-0.05, 0) is 24.3 Å². The van der Waals surface area contributed by atoms with Crippen LogP contribution in [-0.4, -0.2) is 65.1 Å². The second kappa shape index (κ2) is 7.49. The van der Waals surface area contributed by atoms with Crippen molar-refractivity contribution < 1.29 is 9.53 Å². The predicted molar refractivity (Wildman–Crippen MR) is 92.2 cm³/mol. The second-order valence-electron chi connectivity index (χ2n) is 6.07. The van der Waals surface area contributed by atoms with Gasteiger partial charge in [0.1, 0.15) is 11.6 Å². The quantitative estimate of drug-likeness (QED) is 0.833. The van der Waals surface area contributed by atoms with E-state index in [0.717, 1.165) is 56.3 Å². The highest BCUT2D eigenvalue weighted by molar-refractivity contribution is 5.94. The van der Waals surface area contributed by atoms with Gasteiger partial charge in [-0.2, -0.15) is 0 Å². The fraction of sp³-hybridized carbons (Fsp3) is 0.444. The van der Waals surface area contributed by atoms with Crippen molar-refractivity contribution in [1.29, 1.82) is 0 Å². The summed E-state index contributed by atoms with van der Waals surface area (Å²) in [5, 5.41) is 0. The van der Waals surface area contributed by atoms with Crippen LogP contribution in [0, 0.1) is 0 Å². The van der Waals surface area contributed by atoms with Crippen molar-refractivity contribution in [3.8, 4) is 5.75 Å². The van der Waals surface area contributed by atoms with Crippen LogP contribution in [0.3, 0.4) is 0 Å². The first-order chi connectivity index (χ1) is 11.7. The molecule has 24 heavy (non-hydrogen) atoms. The molecule has 1 fully saturated rings. The number of piperazine rings is 1. The van der Waals surface area contributed by atoms with Gasteiger partial charge < -0.3 is 14.2 Å². The van der Waals surface area contributed by atoms with Gasteiger partial charge in [-0.15, -0.1) is 0 Å². The van der Waals surface area contributed by atoms with E-state index >= 15 is 0 Å². The Morgan fingerprint density at radius 1 is 1.17 bits per heavy atom. The third-order valence-corrected chi connectivity index (χ3v) is 4.57. The van der Waals surface area contributed by atoms with Crippen LogP contribution >= 0.6 is 0 Å². The van der Waals surface area contributed by atoms with Crippen molar-refractivity contribution in [2.75, 3.05) is 39.8 Å². The van der Waals surface area contributed by atoms with Crippen molar-refractivity contribution in [1.82, 2.24) is 19.4 Å². The zero-order valence-electron chi connectivity index (χ0n) is 14.3. The fourth-order valence-electron chi connectivity index (χ4n) is 2.99. The van der Waals surface area contributed by atoms with Crippen LogP contribution in [0.5, 0.6) is 5.75 Å². The van der Waals surface area contributed by atoms with E-state index < -0.39 is 0 Å². The Balaban J connectivity index is 1.49. The summed E-state index contributed by atoms with van der Waals surface area (Å²) in [6.45, 7) is 4.34. The molecule has 1 aliphatic rings.